The smallest absolute Gasteiger partial charge is 0.292 e. The molecule has 0 N–H and O–H groups in total. The first-order valence-electron chi connectivity index (χ1n) is 5.73. The normalized spacial score (nSPS) is 11.8. The van der Waals surface area contributed by atoms with Gasteiger partial charge in [-0.05, 0) is 18.2 Å². The predicted molar refractivity (Wildman–Crippen MR) is 68.5 cm³/mol. The summed E-state index contributed by atoms with van der Waals surface area (Å²) in [4.78, 5) is 7.75. The molecule has 0 bridgehead atoms. The average molecular weight is 314 g/mol. The number of alkyl halides is 3. The number of aromatic nitrogens is 5. The maximum Gasteiger partial charge on any atom is 0.417 e. The molecule has 0 aliphatic heterocycles. The molecule has 0 fully saturated rings. The molecule has 0 unspecified atom stereocenters. The Bertz CT molecular complexity index is 764. The molecule has 0 atom stereocenters. The second kappa shape index (κ2) is 4.88. The Labute approximate surface area is 121 Å². The molecule has 0 saturated carbocycles. The van der Waals surface area contributed by atoms with Gasteiger partial charge in [0.25, 0.3) is 5.95 Å². The second-order valence-electron chi connectivity index (χ2n) is 4.11. The maximum absolute atomic E-state index is 12.6. The van der Waals surface area contributed by atoms with Crippen LogP contribution in [0.15, 0.2) is 43.1 Å². The summed E-state index contributed by atoms with van der Waals surface area (Å²) in [5.41, 5.74) is -0.915. The van der Waals surface area contributed by atoms with E-state index < -0.39 is 11.7 Å². The molecule has 3 rings (SSSR count). The van der Waals surface area contributed by atoms with Gasteiger partial charge in [-0.15, -0.1) is 5.10 Å². The lowest BCUT2D eigenvalue weighted by atomic mass is 10.3. The number of hydrogen-bond donors (Lipinski definition) is 0. The summed E-state index contributed by atoms with van der Waals surface area (Å²) in [7, 11) is 0. The fourth-order valence-corrected chi connectivity index (χ4v) is 1.95. The Morgan fingerprint density at radius 3 is 2.43 bits per heavy atom. The third kappa shape index (κ3) is 2.62. The molecular weight excluding hydrogens is 307 g/mol. The maximum atomic E-state index is 12.6. The Morgan fingerprint density at radius 1 is 1.10 bits per heavy atom. The van der Waals surface area contributed by atoms with Gasteiger partial charge in [-0.2, -0.15) is 22.8 Å². The average Bonchev–Trinajstić information content (AvgIpc) is 3.08. The van der Waals surface area contributed by atoms with Crippen LogP contribution in [0.1, 0.15) is 5.56 Å². The van der Waals surface area contributed by atoms with Gasteiger partial charge in [0.1, 0.15) is 6.33 Å². The summed E-state index contributed by atoms with van der Waals surface area (Å²) in [5, 5.41) is 3.96. The summed E-state index contributed by atoms with van der Waals surface area (Å²) in [5.74, 6) is 0.438. The SMILES string of the molecule is FC(F)(F)c1cnc(-n2cnc(-n3cccc3)n2)c(Cl)c1. The number of hydrogen-bond acceptors (Lipinski definition) is 3. The van der Waals surface area contributed by atoms with Crippen molar-refractivity contribution < 1.29 is 13.2 Å². The zero-order chi connectivity index (χ0) is 15.0. The van der Waals surface area contributed by atoms with Gasteiger partial charge in [-0.1, -0.05) is 11.6 Å². The third-order valence-corrected chi connectivity index (χ3v) is 2.96. The first-order valence-corrected chi connectivity index (χ1v) is 6.11. The van der Waals surface area contributed by atoms with Gasteiger partial charge in [-0.25, -0.2) is 4.98 Å². The first kappa shape index (κ1) is 13.6. The molecule has 0 radical (unpaired) electrons. The van der Waals surface area contributed by atoms with Gasteiger partial charge >= 0.3 is 6.18 Å². The van der Waals surface area contributed by atoms with Crippen molar-refractivity contribution in [3.05, 3.63) is 53.7 Å². The van der Waals surface area contributed by atoms with Gasteiger partial charge in [0.15, 0.2) is 5.82 Å². The highest BCUT2D eigenvalue weighted by atomic mass is 35.5. The van der Waals surface area contributed by atoms with Gasteiger partial charge in [-0.3, -0.25) is 4.57 Å². The van der Waals surface area contributed by atoms with Gasteiger partial charge < -0.3 is 0 Å². The molecule has 108 valence electrons. The molecule has 0 spiro atoms. The van der Waals surface area contributed by atoms with Gasteiger partial charge in [0.05, 0.1) is 10.6 Å². The van der Waals surface area contributed by atoms with Crippen LogP contribution in [0.4, 0.5) is 13.2 Å². The molecule has 9 heteroatoms. The van der Waals surface area contributed by atoms with E-state index in [1.807, 2.05) is 0 Å². The molecule has 0 aromatic carbocycles. The highest BCUT2D eigenvalue weighted by Gasteiger charge is 2.31. The minimum Gasteiger partial charge on any atom is -0.292 e. The molecule has 5 nitrogen and oxygen atoms in total. The van der Waals surface area contributed by atoms with Crippen molar-refractivity contribution in [3.63, 3.8) is 0 Å². The quantitative estimate of drug-likeness (QED) is 0.730. The van der Waals surface area contributed by atoms with Crippen LogP contribution < -0.4 is 0 Å². The van der Waals surface area contributed by atoms with Crippen molar-refractivity contribution in [1.82, 2.24) is 24.3 Å². The fourth-order valence-electron chi connectivity index (χ4n) is 1.70. The van der Waals surface area contributed by atoms with Crippen LogP contribution in [0.2, 0.25) is 5.02 Å². The minimum atomic E-state index is -4.49. The highest BCUT2D eigenvalue weighted by molar-refractivity contribution is 6.32. The van der Waals surface area contributed by atoms with Crippen LogP contribution in [-0.4, -0.2) is 24.3 Å². The van der Waals surface area contributed by atoms with Gasteiger partial charge in [0.2, 0.25) is 0 Å². The lowest BCUT2D eigenvalue weighted by Crippen LogP contribution is -2.08. The van der Waals surface area contributed by atoms with E-state index in [2.05, 4.69) is 15.1 Å². The van der Waals surface area contributed by atoms with E-state index in [1.54, 1.807) is 29.1 Å². The Kier molecular flexibility index (Phi) is 3.17. The van der Waals surface area contributed by atoms with Crippen LogP contribution in [0.5, 0.6) is 0 Å². The Balaban J connectivity index is 1.98. The molecule has 0 amide bonds. The summed E-state index contributed by atoms with van der Waals surface area (Å²) in [6.45, 7) is 0. The fraction of sp³-hybridized carbons (Fsp3) is 0.0833. The van der Waals surface area contributed by atoms with E-state index >= 15 is 0 Å². The molecule has 0 aliphatic rings. The molecule has 3 aromatic heterocycles. The van der Waals surface area contributed by atoms with Crippen LogP contribution in [0.3, 0.4) is 0 Å². The van der Waals surface area contributed by atoms with Crippen molar-refractivity contribution in [2.24, 2.45) is 0 Å². The molecule has 0 aliphatic carbocycles. The number of nitrogens with zero attached hydrogens (tertiary/aromatic N) is 5. The van der Waals surface area contributed by atoms with Crippen molar-refractivity contribution in [3.8, 4) is 11.8 Å². The minimum absolute atomic E-state index is 0.0792. The van der Waals surface area contributed by atoms with Crippen LogP contribution >= 0.6 is 11.6 Å². The molecule has 21 heavy (non-hydrogen) atoms. The van der Waals surface area contributed by atoms with Crippen molar-refractivity contribution in [2.75, 3.05) is 0 Å². The summed E-state index contributed by atoms with van der Waals surface area (Å²) in [6.07, 6.45) is 1.02. The largest absolute Gasteiger partial charge is 0.417 e. The number of halogens is 4. The van der Waals surface area contributed by atoms with Crippen LogP contribution in [0, 0.1) is 0 Å². The highest BCUT2D eigenvalue weighted by Crippen LogP contribution is 2.31. The van der Waals surface area contributed by atoms with Crippen LogP contribution in [-0.2, 0) is 6.18 Å². The van der Waals surface area contributed by atoms with E-state index in [0.717, 1.165) is 6.07 Å². The van der Waals surface area contributed by atoms with Crippen molar-refractivity contribution >= 4 is 11.6 Å². The summed E-state index contributed by atoms with van der Waals surface area (Å²) < 4.78 is 40.5. The standard InChI is InChI=1S/C12H7ClF3N5/c13-9-5-8(12(14,15)16)6-17-10(9)21-7-18-11(19-21)20-3-1-2-4-20/h1-7H. The zero-order valence-corrected chi connectivity index (χ0v) is 11.0. The first-order chi connectivity index (χ1) is 9.95. The zero-order valence-electron chi connectivity index (χ0n) is 10.3. The van der Waals surface area contributed by atoms with E-state index in [-0.39, 0.29) is 10.8 Å². The lowest BCUT2D eigenvalue weighted by molar-refractivity contribution is -0.137. The topological polar surface area (TPSA) is 48.5 Å². The Hall–Kier alpha value is -2.35. The molecule has 3 aromatic rings. The molecule has 0 saturated heterocycles. The number of rotatable bonds is 2. The predicted octanol–water partition coefficient (Wildman–Crippen LogP) is 3.13. The van der Waals surface area contributed by atoms with Gasteiger partial charge in [0, 0.05) is 18.6 Å². The van der Waals surface area contributed by atoms with Crippen molar-refractivity contribution in [1.29, 1.82) is 0 Å². The van der Waals surface area contributed by atoms with E-state index in [0.29, 0.717) is 12.1 Å². The van der Waals surface area contributed by atoms with E-state index in [1.165, 1.54) is 11.0 Å². The summed E-state index contributed by atoms with van der Waals surface area (Å²) in [6, 6.07) is 4.40. The van der Waals surface area contributed by atoms with E-state index in [4.69, 9.17) is 11.6 Å². The summed E-state index contributed by atoms with van der Waals surface area (Å²) >= 11 is 5.85. The number of pyridine rings is 1. The molecule has 3 heterocycles. The van der Waals surface area contributed by atoms with Crippen molar-refractivity contribution in [2.45, 2.75) is 6.18 Å². The van der Waals surface area contributed by atoms with E-state index in [9.17, 15) is 13.2 Å². The molecular formula is C12H7ClF3N5. The third-order valence-electron chi connectivity index (χ3n) is 2.68. The van der Waals surface area contributed by atoms with Crippen LogP contribution in [0.25, 0.3) is 11.8 Å². The second-order valence-corrected chi connectivity index (χ2v) is 4.51. The lowest BCUT2D eigenvalue weighted by Gasteiger charge is -2.08. The monoisotopic (exact) mass is 313 g/mol. The Morgan fingerprint density at radius 2 is 1.81 bits per heavy atom.